The first kappa shape index (κ1) is 16.3. The van der Waals surface area contributed by atoms with E-state index in [0.29, 0.717) is 24.3 Å². The Balaban J connectivity index is 1.54. The highest BCUT2D eigenvalue weighted by Gasteiger charge is 2.28. The number of nitrogens with zero attached hydrogens (tertiary/aromatic N) is 1. The van der Waals surface area contributed by atoms with Crippen molar-refractivity contribution in [3.63, 3.8) is 0 Å². The van der Waals surface area contributed by atoms with Crippen molar-refractivity contribution in [1.29, 1.82) is 0 Å². The molecular weight excluding hydrogens is 316 g/mol. The minimum atomic E-state index is -0.439. The van der Waals surface area contributed by atoms with Crippen molar-refractivity contribution in [3.05, 3.63) is 16.3 Å². The normalized spacial score (nSPS) is 21.1. The zero-order chi connectivity index (χ0) is 16.2. The fourth-order valence-electron chi connectivity index (χ4n) is 2.67. The Morgan fingerprint density at radius 1 is 1.35 bits per heavy atom. The first-order valence-corrected chi connectivity index (χ1v) is 8.93. The molecule has 3 rings (SSSR count). The maximum absolute atomic E-state index is 12.4. The fraction of sp³-hybridized carbons (Fsp3) is 0.625. The third-order valence-corrected chi connectivity index (χ3v) is 4.98. The number of ether oxygens (including phenoxy) is 2. The number of hydrogen-bond donors (Lipinski definition) is 1. The lowest BCUT2D eigenvalue weighted by molar-refractivity contribution is 0.00597. The van der Waals surface area contributed by atoms with Crippen LogP contribution in [0.3, 0.4) is 0 Å². The van der Waals surface area contributed by atoms with Gasteiger partial charge >= 0.3 is 12.0 Å². The lowest BCUT2D eigenvalue weighted by Crippen LogP contribution is -2.45. The quantitative estimate of drug-likeness (QED) is 0.838. The molecule has 2 fully saturated rings. The molecule has 126 valence electrons. The molecule has 1 unspecified atom stereocenters. The van der Waals surface area contributed by atoms with Crippen LogP contribution in [0.1, 0.15) is 36.0 Å². The lowest BCUT2D eigenvalue weighted by atomic mass is 10.1. The Morgan fingerprint density at radius 2 is 2.17 bits per heavy atom. The van der Waals surface area contributed by atoms with Crippen LogP contribution in [0, 0.1) is 5.92 Å². The summed E-state index contributed by atoms with van der Waals surface area (Å²) in [6.45, 7) is 2.14. The van der Waals surface area contributed by atoms with Crippen LogP contribution in [0.25, 0.3) is 0 Å². The molecule has 0 aromatic carbocycles. The summed E-state index contributed by atoms with van der Waals surface area (Å²) < 4.78 is 10.6. The van der Waals surface area contributed by atoms with Crippen molar-refractivity contribution in [2.75, 3.05) is 32.1 Å². The molecule has 0 bridgehead atoms. The highest BCUT2D eigenvalue weighted by molar-refractivity contribution is 7.08. The van der Waals surface area contributed by atoms with Crippen LogP contribution in [-0.4, -0.2) is 49.8 Å². The molecule has 1 saturated carbocycles. The predicted molar refractivity (Wildman–Crippen MR) is 87.9 cm³/mol. The van der Waals surface area contributed by atoms with Crippen LogP contribution in [0.5, 0.6) is 0 Å². The molecule has 1 saturated heterocycles. The van der Waals surface area contributed by atoms with Crippen LogP contribution in [-0.2, 0) is 9.47 Å². The van der Waals surface area contributed by atoms with Gasteiger partial charge < -0.3 is 19.7 Å². The number of amides is 2. The molecular formula is C16H22N2O4S. The smallest absolute Gasteiger partial charge is 0.340 e. The first-order chi connectivity index (χ1) is 11.2. The molecule has 1 aliphatic carbocycles. The summed E-state index contributed by atoms with van der Waals surface area (Å²) in [5, 5.41) is 6.24. The third-order valence-electron chi connectivity index (χ3n) is 4.24. The average molecular weight is 338 g/mol. The van der Waals surface area contributed by atoms with Gasteiger partial charge in [-0.3, -0.25) is 0 Å². The first-order valence-electron chi connectivity index (χ1n) is 7.99. The molecule has 1 N–H and O–H groups in total. The van der Waals surface area contributed by atoms with E-state index in [4.69, 9.17) is 9.47 Å². The summed E-state index contributed by atoms with van der Waals surface area (Å²) in [7, 11) is 1.33. The maximum atomic E-state index is 12.4. The summed E-state index contributed by atoms with van der Waals surface area (Å²) in [6, 6.07) is -0.187. The number of carbonyl (C=O) groups excluding carboxylic acids is 2. The summed E-state index contributed by atoms with van der Waals surface area (Å²) in [6.07, 6.45) is 4.60. The molecule has 1 aromatic heterocycles. The van der Waals surface area contributed by atoms with Gasteiger partial charge in [-0.15, -0.1) is 11.3 Å². The van der Waals surface area contributed by atoms with Gasteiger partial charge in [-0.25, -0.2) is 9.59 Å². The highest BCUT2D eigenvalue weighted by Crippen LogP contribution is 2.30. The number of nitrogens with one attached hydrogen (secondary N) is 1. The average Bonchev–Trinajstić information content (AvgIpc) is 3.30. The van der Waals surface area contributed by atoms with Gasteiger partial charge in [0.1, 0.15) is 0 Å². The predicted octanol–water partition coefficient (Wildman–Crippen LogP) is 2.96. The van der Waals surface area contributed by atoms with Crippen molar-refractivity contribution >= 4 is 29.0 Å². The summed E-state index contributed by atoms with van der Waals surface area (Å²) in [5.74, 6) is 0.290. The maximum Gasteiger partial charge on any atom is 0.340 e. The molecule has 7 heteroatoms. The second-order valence-electron chi connectivity index (χ2n) is 6.11. The molecule has 1 aliphatic heterocycles. The SMILES string of the molecule is COC(=O)c1cscc1NC(=O)N1CCCC(OCC2CC2)C1. The number of piperidine rings is 1. The van der Waals surface area contributed by atoms with Gasteiger partial charge in [-0.05, 0) is 31.6 Å². The van der Waals surface area contributed by atoms with Crippen LogP contribution in [0.2, 0.25) is 0 Å². The summed E-state index contributed by atoms with van der Waals surface area (Å²) in [4.78, 5) is 25.9. The molecule has 2 aliphatic rings. The van der Waals surface area contributed by atoms with Gasteiger partial charge in [0.2, 0.25) is 0 Å². The van der Waals surface area contributed by atoms with Gasteiger partial charge in [-0.1, -0.05) is 0 Å². The van der Waals surface area contributed by atoms with Gasteiger partial charge in [0.15, 0.2) is 0 Å². The third kappa shape index (κ3) is 4.23. The molecule has 23 heavy (non-hydrogen) atoms. The summed E-state index contributed by atoms with van der Waals surface area (Å²) >= 11 is 1.36. The zero-order valence-corrected chi connectivity index (χ0v) is 14.1. The Morgan fingerprint density at radius 3 is 2.91 bits per heavy atom. The minimum absolute atomic E-state index is 0.123. The number of rotatable bonds is 5. The molecule has 6 nitrogen and oxygen atoms in total. The number of urea groups is 1. The molecule has 1 atom stereocenters. The second-order valence-corrected chi connectivity index (χ2v) is 6.85. The highest BCUT2D eigenvalue weighted by atomic mass is 32.1. The van der Waals surface area contributed by atoms with Crippen LogP contribution >= 0.6 is 11.3 Å². The minimum Gasteiger partial charge on any atom is -0.465 e. The number of anilines is 1. The van der Waals surface area contributed by atoms with E-state index in [2.05, 4.69) is 5.32 Å². The van der Waals surface area contributed by atoms with Crippen molar-refractivity contribution in [2.45, 2.75) is 31.8 Å². The van der Waals surface area contributed by atoms with Crippen molar-refractivity contribution in [3.8, 4) is 0 Å². The molecule has 2 amide bonds. The number of methoxy groups -OCH3 is 1. The lowest BCUT2D eigenvalue weighted by Gasteiger charge is -2.32. The topological polar surface area (TPSA) is 67.9 Å². The molecule has 1 aromatic rings. The van der Waals surface area contributed by atoms with Crippen molar-refractivity contribution in [2.24, 2.45) is 5.92 Å². The van der Waals surface area contributed by atoms with Crippen LogP contribution in [0.4, 0.5) is 10.5 Å². The van der Waals surface area contributed by atoms with E-state index in [1.807, 2.05) is 0 Å². The van der Waals surface area contributed by atoms with E-state index in [9.17, 15) is 9.59 Å². The standard InChI is InChI=1S/C16H22N2O4S/c1-21-15(19)13-9-23-10-14(13)17-16(20)18-6-2-3-12(7-18)22-8-11-4-5-11/h9-12H,2-8H2,1H3,(H,17,20). The number of hydrogen-bond acceptors (Lipinski definition) is 5. The van der Waals surface area contributed by atoms with E-state index in [1.54, 1.807) is 15.7 Å². The second kappa shape index (κ2) is 7.31. The van der Waals surface area contributed by atoms with E-state index < -0.39 is 5.97 Å². The largest absolute Gasteiger partial charge is 0.465 e. The van der Waals surface area contributed by atoms with Gasteiger partial charge in [0.05, 0.1) is 24.5 Å². The summed E-state index contributed by atoms with van der Waals surface area (Å²) in [5.41, 5.74) is 0.900. The van der Waals surface area contributed by atoms with E-state index in [0.717, 1.165) is 25.4 Å². The van der Waals surface area contributed by atoms with Gasteiger partial charge in [0.25, 0.3) is 0 Å². The molecule has 0 spiro atoms. The van der Waals surface area contributed by atoms with Crippen molar-refractivity contribution in [1.82, 2.24) is 4.90 Å². The Hall–Kier alpha value is -1.60. The zero-order valence-electron chi connectivity index (χ0n) is 13.2. The Bertz CT molecular complexity index is 570. The van der Waals surface area contributed by atoms with Gasteiger partial charge in [-0.2, -0.15) is 0 Å². The van der Waals surface area contributed by atoms with Gasteiger partial charge in [0, 0.05) is 30.5 Å². The fourth-order valence-corrected chi connectivity index (χ4v) is 3.42. The van der Waals surface area contributed by atoms with E-state index in [1.165, 1.54) is 31.3 Å². The molecule has 0 radical (unpaired) electrons. The van der Waals surface area contributed by atoms with Crippen LogP contribution in [0.15, 0.2) is 10.8 Å². The number of thiophene rings is 1. The molecule has 2 heterocycles. The van der Waals surface area contributed by atoms with E-state index >= 15 is 0 Å². The number of esters is 1. The Kier molecular flexibility index (Phi) is 5.17. The van der Waals surface area contributed by atoms with Crippen molar-refractivity contribution < 1.29 is 19.1 Å². The Labute approximate surface area is 139 Å². The number of carbonyl (C=O) groups is 2. The van der Waals surface area contributed by atoms with Crippen LogP contribution < -0.4 is 5.32 Å². The monoisotopic (exact) mass is 338 g/mol. The number of likely N-dealkylation sites (tertiary alicyclic amines) is 1. The van der Waals surface area contributed by atoms with E-state index in [-0.39, 0.29) is 12.1 Å².